The number of halogens is 2. The molecule has 3 aromatic carbocycles. The number of rotatable bonds is 11. The molecule has 0 bridgehead atoms. The van der Waals surface area contributed by atoms with Gasteiger partial charge in [0.25, 0.3) is 10.0 Å². The van der Waals surface area contributed by atoms with Gasteiger partial charge in [0.05, 0.1) is 10.6 Å². The second-order valence-corrected chi connectivity index (χ2v) is 13.3. The Hall–Kier alpha value is -2.44. The van der Waals surface area contributed by atoms with E-state index in [9.17, 15) is 18.0 Å². The summed E-state index contributed by atoms with van der Waals surface area (Å²) in [6.07, 6.45) is 0. The average Bonchev–Trinajstić information content (AvgIpc) is 2.90. The van der Waals surface area contributed by atoms with Crippen LogP contribution in [0, 0.1) is 9.49 Å². The number of hydrogen-bond donors (Lipinski definition) is 1. The van der Waals surface area contributed by atoms with E-state index in [-0.39, 0.29) is 23.3 Å². The van der Waals surface area contributed by atoms with Crippen LogP contribution in [0.5, 0.6) is 0 Å². The Morgan fingerprint density at radius 1 is 0.921 bits per heavy atom. The van der Waals surface area contributed by atoms with Crippen molar-refractivity contribution < 1.29 is 18.0 Å². The minimum atomic E-state index is -4.06. The van der Waals surface area contributed by atoms with Gasteiger partial charge in [-0.25, -0.2) is 8.42 Å². The highest BCUT2D eigenvalue weighted by Crippen LogP contribution is 2.25. The molecule has 0 spiro atoms. The van der Waals surface area contributed by atoms with E-state index in [1.165, 1.54) is 17.0 Å². The molecule has 0 saturated heterocycles. The topological polar surface area (TPSA) is 86.8 Å². The number of carbonyl (C=O) groups excluding carboxylic acids is 2. The van der Waals surface area contributed by atoms with E-state index in [1.54, 1.807) is 49.4 Å². The first-order valence-corrected chi connectivity index (χ1v) is 15.4. The van der Waals surface area contributed by atoms with Crippen LogP contribution in [0.25, 0.3) is 0 Å². The minimum absolute atomic E-state index is 0.0773. The summed E-state index contributed by atoms with van der Waals surface area (Å²) < 4.78 is 30.4. The van der Waals surface area contributed by atoms with E-state index < -0.39 is 28.5 Å². The van der Waals surface area contributed by atoms with Crippen LogP contribution in [0.3, 0.4) is 0 Å². The predicted molar refractivity (Wildman–Crippen MR) is 162 cm³/mol. The van der Waals surface area contributed by atoms with Crippen molar-refractivity contribution in [2.45, 2.75) is 38.3 Å². The molecule has 202 valence electrons. The van der Waals surface area contributed by atoms with Crippen LogP contribution in [-0.4, -0.2) is 44.3 Å². The lowest BCUT2D eigenvalue weighted by atomic mass is 10.1. The lowest BCUT2D eigenvalue weighted by molar-refractivity contribution is -0.139. The highest BCUT2D eigenvalue weighted by Gasteiger charge is 2.32. The van der Waals surface area contributed by atoms with Crippen molar-refractivity contribution in [3.63, 3.8) is 0 Å². The quantitative estimate of drug-likeness (QED) is 0.269. The Morgan fingerprint density at radius 3 is 2.11 bits per heavy atom. The molecule has 3 aromatic rings. The number of sulfonamides is 1. The van der Waals surface area contributed by atoms with Crippen LogP contribution in [0.15, 0.2) is 88.2 Å². The molecule has 0 heterocycles. The summed E-state index contributed by atoms with van der Waals surface area (Å²) in [6.45, 7) is 5.80. The molecule has 0 saturated carbocycles. The first-order valence-electron chi connectivity index (χ1n) is 12.1. The summed E-state index contributed by atoms with van der Waals surface area (Å²) in [5.74, 6) is -0.539. The zero-order valence-electron chi connectivity index (χ0n) is 21.5. The SMILES string of the molecule is CC(C)CNC(=O)[C@@H](C)N(Cc1ccc(Br)cc1)C(=O)CN(c1ccc(I)cc1)S(=O)(=O)c1ccccc1. The second kappa shape index (κ2) is 13.6. The molecule has 0 aromatic heterocycles. The average molecular weight is 712 g/mol. The number of nitrogens with zero attached hydrogens (tertiary/aromatic N) is 2. The van der Waals surface area contributed by atoms with Crippen LogP contribution in [0.1, 0.15) is 26.3 Å². The van der Waals surface area contributed by atoms with Gasteiger partial charge >= 0.3 is 0 Å². The lowest BCUT2D eigenvalue weighted by Crippen LogP contribution is -2.51. The van der Waals surface area contributed by atoms with Crippen molar-refractivity contribution in [3.05, 3.63) is 92.5 Å². The zero-order valence-corrected chi connectivity index (χ0v) is 26.0. The highest BCUT2D eigenvalue weighted by atomic mass is 127. The van der Waals surface area contributed by atoms with E-state index in [4.69, 9.17) is 0 Å². The van der Waals surface area contributed by atoms with Gasteiger partial charge in [-0.1, -0.05) is 60.1 Å². The lowest BCUT2D eigenvalue weighted by Gasteiger charge is -2.32. The molecular weight excluding hydrogens is 681 g/mol. The van der Waals surface area contributed by atoms with Crippen LogP contribution in [0.4, 0.5) is 5.69 Å². The van der Waals surface area contributed by atoms with E-state index in [1.807, 2.05) is 38.1 Å². The zero-order chi connectivity index (χ0) is 27.9. The van der Waals surface area contributed by atoms with Gasteiger partial charge in [0.2, 0.25) is 11.8 Å². The maximum atomic E-state index is 13.9. The van der Waals surface area contributed by atoms with Crippen molar-refractivity contribution in [1.29, 1.82) is 0 Å². The fourth-order valence-electron chi connectivity index (χ4n) is 3.68. The van der Waals surface area contributed by atoms with Crippen LogP contribution in [0.2, 0.25) is 0 Å². The predicted octanol–water partition coefficient (Wildman–Crippen LogP) is 5.44. The summed E-state index contributed by atoms with van der Waals surface area (Å²) in [5, 5.41) is 2.89. The van der Waals surface area contributed by atoms with Crippen LogP contribution < -0.4 is 9.62 Å². The van der Waals surface area contributed by atoms with Crippen LogP contribution in [-0.2, 0) is 26.2 Å². The Labute approximate surface area is 246 Å². The second-order valence-electron chi connectivity index (χ2n) is 9.26. The number of hydrogen-bond acceptors (Lipinski definition) is 4. The van der Waals surface area contributed by atoms with E-state index in [0.29, 0.717) is 12.2 Å². The largest absolute Gasteiger partial charge is 0.354 e. The smallest absolute Gasteiger partial charge is 0.264 e. The molecule has 3 rings (SSSR count). The molecule has 0 unspecified atom stereocenters. The fourth-order valence-corrected chi connectivity index (χ4v) is 5.74. The number of nitrogens with one attached hydrogen (secondary N) is 1. The summed E-state index contributed by atoms with van der Waals surface area (Å²) in [7, 11) is -4.06. The molecule has 0 fully saturated rings. The molecule has 0 aliphatic heterocycles. The summed E-state index contributed by atoms with van der Waals surface area (Å²) >= 11 is 5.56. The van der Waals surface area contributed by atoms with Gasteiger partial charge in [0.15, 0.2) is 0 Å². The van der Waals surface area contributed by atoms with Crippen molar-refractivity contribution >= 4 is 66.0 Å². The Kier molecular flexibility index (Phi) is 10.8. The van der Waals surface area contributed by atoms with Crippen molar-refractivity contribution in [3.8, 4) is 0 Å². The minimum Gasteiger partial charge on any atom is -0.354 e. The molecule has 38 heavy (non-hydrogen) atoms. The first kappa shape index (κ1) is 30.1. The molecule has 7 nitrogen and oxygen atoms in total. The summed E-state index contributed by atoms with van der Waals surface area (Å²) in [6, 6.07) is 21.6. The van der Waals surface area contributed by atoms with E-state index >= 15 is 0 Å². The molecular formula is C28H31BrIN3O4S. The number of benzene rings is 3. The van der Waals surface area contributed by atoms with Gasteiger partial charge in [-0.2, -0.15) is 0 Å². The van der Waals surface area contributed by atoms with Gasteiger partial charge < -0.3 is 10.2 Å². The number of amides is 2. The third kappa shape index (κ3) is 8.03. The molecule has 2 amide bonds. The van der Waals surface area contributed by atoms with Gasteiger partial charge in [-0.15, -0.1) is 0 Å². The van der Waals surface area contributed by atoms with Gasteiger partial charge in [0, 0.05) is 21.1 Å². The van der Waals surface area contributed by atoms with Crippen molar-refractivity contribution in [1.82, 2.24) is 10.2 Å². The van der Waals surface area contributed by atoms with Crippen molar-refractivity contribution in [2.24, 2.45) is 5.92 Å². The molecule has 0 radical (unpaired) electrons. The fraction of sp³-hybridized carbons (Fsp3) is 0.286. The molecule has 0 aliphatic carbocycles. The third-order valence-electron chi connectivity index (χ3n) is 5.84. The van der Waals surface area contributed by atoms with Gasteiger partial charge in [-0.3, -0.25) is 13.9 Å². The monoisotopic (exact) mass is 711 g/mol. The molecule has 10 heteroatoms. The highest BCUT2D eigenvalue weighted by molar-refractivity contribution is 14.1. The maximum Gasteiger partial charge on any atom is 0.264 e. The van der Waals surface area contributed by atoms with E-state index in [2.05, 4.69) is 43.8 Å². The third-order valence-corrected chi connectivity index (χ3v) is 8.88. The van der Waals surface area contributed by atoms with Crippen LogP contribution >= 0.6 is 38.5 Å². The van der Waals surface area contributed by atoms with Crippen molar-refractivity contribution in [2.75, 3.05) is 17.4 Å². The Morgan fingerprint density at radius 2 is 1.53 bits per heavy atom. The van der Waals surface area contributed by atoms with Gasteiger partial charge in [0.1, 0.15) is 12.6 Å². The summed E-state index contributed by atoms with van der Waals surface area (Å²) in [5.41, 5.74) is 1.18. The first-order chi connectivity index (χ1) is 18.0. The molecule has 1 atom stereocenters. The number of anilines is 1. The molecule has 1 N–H and O–H groups in total. The van der Waals surface area contributed by atoms with Gasteiger partial charge in [-0.05, 0) is 89.5 Å². The normalized spacial score (nSPS) is 12.2. The maximum absolute atomic E-state index is 13.9. The molecule has 0 aliphatic rings. The standard InChI is InChI=1S/C28H31BrIN3O4S/c1-20(2)17-31-28(35)21(3)32(18-22-9-11-23(29)12-10-22)27(34)19-33(25-15-13-24(30)14-16-25)38(36,37)26-7-5-4-6-8-26/h4-16,20-21H,17-19H2,1-3H3,(H,31,35)/t21-/m1/s1. The summed E-state index contributed by atoms with van der Waals surface area (Å²) in [4.78, 5) is 28.4. The number of carbonyl (C=O) groups is 2. The Balaban J connectivity index is 1.98. The Bertz CT molecular complexity index is 1330. The van der Waals surface area contributed by atoms with E-state index in [0.717, 1.165) is 17.9 Å².